The third-order valence-electron chi connectivity index (χ3n) is 2.75. The summed E-state index contributed by atoms with van der Waals surface area (Å²) in [5.74, 6) is -7.15. The average Bonchev–Trinajstić information content (AvgIpc) is 2.28. The van der Waals surface area contributed by atoms with Crippen molar-refractivity contribution >= 4 is 27.8 Å². The SMILES string of the molecule is NC(=O)CC(C(C(=O)O)c1ccccc1Br)C(F)(F)F. The lowest BCUT2D eigenvalue weighted by molar-refractivity contribution is -0.190. The van der Waals surface area contributed by atoms with Crippen molar-refractivity contribution in [1.29, 1.82) is 0 Å². The largest absolute Gasteiger partial charge is 0.481 e. The topological polar surface area (TPSA) is 80.4 Å². The molecule has 8 heteroatoms. The van der Waals surface area contributed by atoms with E-state index < -0.39 is 36.3 Å². The van der Waals surface area contributed by atoms with Crippen LogP contribution in [0.5, 0.6) is 0 Å². The highest BCUT2D eigenvalue weighted by molar-refractivity contribution is 9.10. The van der Waals surface area contributed by atoms with Gasteiger partial charge in [0.1, 0.15) is 0 Å². The predicted molar refractivity (Wildman–Crippen MR) is 67.9 cm³/mol. The maximum absolute atomic E-state index is 13.0. The van der Waals surface area contributed by atoms with E-state index >= 15 is 0 Å². The van der Waals surface area contributed by atoms with Gasteiger partial charge in [-0.3, -0.25) is 9.59 Å². The Balaban J connectivity index is 3.33. The molecule has 0 fully saturated rings. The van der Waals surface area contributed by atoms with E-state index in [4.69, 9.17) is 10.8 Å². The number of aliphatic carboxylic acids is 1. The molecule has 0 aromatic heterocycles. The summed E-state index contributed by atoms with van der Waals surface area (Å²) in [5.41, 5.74) is 4.75. The number of halogens is 4. The van der Waals surface area contributed by atoms with Crippen molar-refractivity contribution < 1.29 is 27.9 Å². The van der Waals surface area contributed by atoms with Crippen molar-refractivity contribution in [1.82, 2.24) is 0 Å². The lowest BCUT2D eigenvalue weighted by Gasteiger charge is -2.26. The molecule has 2 unspecified atom stereocenters. The van der Waals surface area contributed by atoms with Gasteiger partial charge >= 0.3 is 12.1 Å². The first-order chi connectivity index (χ1) is 9.14. The van der Waals surface area contributed by atoms with Crippen LogP contribution >= 0.6 is 15.9 Å². The molecule has 0 bridgehead atoms. The second-order valence-electron chi connectivity index (χ2n) is 4.16. The van der Waals surface area contributed by atoms with Gasteiger partial charge in [0.25, 0.3) is 0 Å². The lowest BCUT2D eigenvalue weighted by Crippen LogP contribution is -2.36. The number of benzene rings is 1. The summed E-state index contributed by atoms with van der Waals surface area (Å²) in [6.45, 7) is 0. The number of nitrogens with two attached hydrogens (primary N) is 1. The number of alkyl halides is 3. The van der Waals surface area contributed by atoms with E-state index in [-0.39, 0.29) is 10.0 Å². The van der Waals surface area contributed by atoms with E-state index in [1.54, 1.807) is 6.07 Å². The number of primary amides is 1. The zero-order valence-corrected chi connectivity index (χ0v) is 11.6. The third-order valence-corrected chi connectivity index (χ3v) is 3.47. The zero-order chi connectivity index (χ0) is 15.5. The molecule has 0 saturated heterocycles. The first kappa shape index (κ1) is 16.5. The molecule has 0 radical (unpaired) electrons. The molecule has 4 nitrogen and oxygen atoms in total. The number of carboxylic acids is 1. The molecule has 1 rings (SSSR count). The van der Waals surface area contributed by atoms with Crippen LogP contribution in [-0.2, 0) is 9.59 Å². The number of carbonyl (C=O) groups excluding carboxylic acids is 1. The van der Waals surface area contributed by atoms with Gasteiger partial charge in [-0.1, -0.05) is 34.1 Å². The van der Waals surface area contributed by atoms with Crippen LogP contribution in [0.15, 0.2) is 28.7 Å². The molecule has 2 atom stereocenters. The molecule has 0 saturated carbocycles. The normalized spacial score (nSPS) is 14.6. The minimum absolute atomic E-state index is 0.0522. The van der Waals surface area contributed by atoms with E-state index in [9.17, 15) is 22.8 Å². The molecule has 110 valence electrons. The zero-order valence-electron chi connectivity index (χ0n) is 10.0. The highest BCUT2D eigenvalue weighted by Crippen LogP contribution is 2.41. The van der Waals surface area contributed by atoms with Crippen molar-refractivity contribution in [2.75, 3.05) is 0 Å². The minimum atomic E-state index is -4.85. The van der Waals surface area contributed by atoms with E-state index in [1.807, 2.05) is 0 Å². The summed E-state index contributed by atoms with van der Waals surface area (Å²) < 4.78 is 39.3. The second kappa shape index (κ2) is 6.25. The Labute approximate surface area is 120 Å². The van der Waals surface area contributed by atoms with E-state index in [2.05, 4.69) is 15.9 Å². The van der Waals surface area contributed by atoms with Gasteiger partial charge in [0, 0.05) is 10.9 Å². The van der Waals surface area contributed by atoms with Gasteiger partial charge in [-0.15, -0.1) is 0 Å². The number of hydrogen-bond donors (Lipinski definition) is 2. The Hall–Kier alpha value is -1.57. The van der Waals surface area contributed by atoms with Crippen LogP contribution in [-0.4, -0.2) is 23.2 Å². The van der Waals surface area contributed by atoms with Crippen LogP contribution in [0.4, 0.5) is 13.2 Å². The number of hydrogen-bond acceptors (Lipinski definition) is 2. The van der Waals surface area contributed by atoms with E-state index in [0.717, 1.165) is 0 Å². The molecule has 0 aliphatic rings. The molecule has 0 aliphatic carbocycles. The van der Waals surface area contributed by atoms with Gasteiger partial charge < -0.3 is 10.8 Å². The molecule has 1 aromatic carbocycles. The summed E-state index contributed by atoms with van der Waals surface area (Å²) in [6, 6.07) is 5.67. The van der Waals surface area contributed by atoms with Crippen LogP contribution in [0.3, 0.4) is 0 Å². The fourth-order valence-electron chi connectivity index (χ4n) is 1.89. The number of amides is 1. The molecule has 1 amide bonds. The Bertz CT molecular complexity index is 519. The maximum atomic E-state index is 13.0. The summed E-state index contributed by atoms with van der Waals surface area (Å²) in [6.07, 6.45) is -5.94. The van der Waals surface area contributed by atoms with Crippen LogP contribution in [0, 0.1) is 5.92 Å². The van der Waals surface area contributed by atoms with Crippen molar-refractivity contribution in [3.8, 4) is 0 Å². The smallest absolute Gasteiger partial charge is 0.393 e. The minimum Gasteiger partial charge on any atom is -0.481 e. The molecular formula is C12H11BrF3NO3. The summed E-state index contributed by atoms with van der Waals surface area (Å²) in [5, 5.41) is 9.12. The Kier molecular flexibility index (Phi) is 5.15. The van der Waals surface area contributed by atoms with Crippen LogP contribution < -0.4 is 5.73 Å². The number of carbonyl (C=O) groups is 2. The van der Waals surface area contributed by atoms with Crippen molar-refractivity contribution in [2.45, 2.75) is 18.5 Å². The molecule has 1 aromatic rings. The fraction of sp³-hybridized carbons (Fsp3) is 0.333. The quantitative estimate of drug-likeness (QED) is 0.853. The van der Waals surface area contributed by atoms with Gasteiger partial charge in [-0.2, -0.15) is 13.2 Å². The lowest BCUT2D eigenvalue weighted by atomic mass is 9.83. The van der Waals surface area contributed by atoms with Crippen molar-refractivity contribution in [2.24, 2.45) is 11.7 Å². The van der Waals surface area contributed by atoms with Crippen LogP contribution in [0.2, 0.25) is 0 Å². The van der Waals surface area contributed by atoms with E-state index in [1.165, 1.54) is 18.2 Å². The van der Waals surface area contributed by atoms with Gasteiger partial charge in [-0.05, 0) is 11.6 Å². The molecule has 0 spiro atoms. The van der Waals surface area contributed by atoms with Gasteiger partial charge in [0.05, 0.1) is 11.8 Å². The monoisotopic (exact) mass is 353 g/mol. The highest BCUT2D eigenvalue weighted by atomic mass is 79.9. The molecule has 20 heavy (non-hydrogen) atoms. The van der Waals surface area contributed by atoms with Crippen molar-refractivity contribution in [3.05, 3.63) is 34.3 Å². The number of carboxylic acid groups (broad SMARTS) is 1. The average molecular weight is 354 g/mol. The van der Waals surface area contributed by atoms with Gasteiger partial charge in [0.2, 0.25) is 5.91 Å². The standard InChI is InChI=1S/C12H11BrF3NO3/c13-8-4-2-1-3-6(8)10(11(19)20)7(5-9(17)18)12(14,15)16/h1-4,7,10H,5H2,(H2,17,18)(H,19,20). The van der Waals surface area contributed by atoms with Crippen LogP contribution in [0.1, 0.15) is 17.9 Å². The molecule has 0 heterocycles. The Morgan fingerprint density at radius 3 is 2.25 bits per heavy atom. The van der Waals surface area contributed by atoms with Gasteiger partial charge in [-0.25, -0.2) is 0 Å². The maximum Gasteiger partial charge on any atom is 0.393 e. The predicted octanol–water partition coefficient (Wildman–Crippen LogP) is 2.67. The summed E-state index contributed by atoms with van der Waals surface area (Å²) in [7, 11) is 0. The van der Waals surface area contributed by atoms with Crippen LogP contribution in [0.25, 0.3) is 0 Å². The van der Waals surface area contributed by atoms with Crippen molar-refractivity contribution in [3.63, 3.8) is 0 Å². The summed E-state index contributed by atoms with van der Waals surface area (Å²) >= 11 is 3.02. The molecule has 3 N–H and O–H groups in total. The first-order valence-corrected chi connectivity index (χ1v) is 6.26. The molecular weight excluding hydrogens is 343 g/mol. The Morgan fingerprint density at radius 2 is 1.85 bits per heavy atom. The Morgan fingerprint density at radius 1 is 1.30 bits per heavy atom. The van der Waals surface area contributed by atoms with Gasteiger partial charge in [0.15, 0.2) is 0 Å². The second-order valence-corrected chi connectivity index (χ2v) is 5.01. The van der Waals surface area contributed by atoms with E-state index in [0.29, 0.717) is 0 Å². The number of rotatable bonds is 5. The summed E-state index contributed by atoms with van der Waals surface area (Å²) in [4.78, 5) is 22.1. The third kappa shape index (κ3) is 3.96. The first-order valence-electron chi connectivity index (χ1n) is 5.46. The molecule has 0 aliphatic heterocycles. The highest BCUT2D eigenvalue weighted by Gasteiger charge is 2.49. The fourth-order valence-corrected chi connectivity index (χ4v) is 2.42.